The van der Waals surface area contributed by atoms with Gasteiger partial charge in [0.1, 0.15) is 17.2 Å². The second kappa shape index (κ2) is 9.54. The maximum atomic E-state index is 12.2. The molecule has 0 bridgehead atoms. The molecule has 0 saturated carbocycles. The number of carboxylic acid groups (broad SMARTS) is 1. The van der Waals surface area contributed by atoms with Crippen molar-refractivity contribution in [3.05, 3.63) is 65.2 Å². The van der Waals surface area contributed by atoms with Crippen LogP contribution in [0.25, 0.3) is 10.8 Å². The van der Waals surface area contributed by atoms with Crippen LogP contribution in [-0.2, 0) is 10.5 Å². The van der Waals surface area contributed by atoms with Gasteiger partial charge in [0.05, 0.1) is 12.0 Å². The highest BCUT2D eigenvalue weighted by Crippen LogP contribution is 2.38. The number of hydrogen-bond acceptors (Lipinski definition) is 5. The maximum Gasteiger partial charge on any atom is 0.304 e. The highest BCUT2D eigenvalue weighted by atomic mass is 32.2. The summed E-state index contributed by atoms with van der Waals surface area (Å²) in [6, 6.07) is 14.6. The van der Waals surface area contributed by atoms with Crippen molar-refractivity contribution in [2.24, 2.45) is 0 Å². The van der Waals surface area contributed by atoms with Gasteiger partial charge in [-0.15, -0.1) is 0 Å². The highest BCUT2D eigenvalue weighted by Gasteiger charge is 2.18. The van der Waals surface area contributed by atoms with E-state index in [1.54, 1.807) is 30.0 Å². The highest BCUT2D eigenvalue weighted by molar-refractivity contribution is 7.98. The SMILES string of the molecule is CNC(=O)c1cc(Oc2ccc(CSCCC(=O)O)cc2C)c2ccccc2c1O. The number of nitrogens with one attached hydrogen (secondary N) is 1. The Balaban J connectivity index is 1.88. The quantitative estimate of drug-likeness (QED) is 0.452. The van der Waals surface area contributed by atoms with Gasteiger partial charge in [0.15, 0.2) is 0 Å². The number of fused-ring (bicyclic) bond motifs is 1. The average molecular weight is 426 g/mol. The number of thioether (sulfide) groups is 1. The molecule has 0 aliphatic carbocycles. The van der Waals surface area contributed by atoms with Gasteiger partial charge in [0.25, 0.3) is 5.91 Å². The molecule has 1 amide bonds. The van der Waals surface area contributed by atoms with Gasteiger partial charge in [-0.2, -0.15) is 11.8 Å². The number of amides is 1. The summed E-state index contributed by atoms with van der Waals surface area (Å²) < 4.78 is 6.15. The number of phenols is 1. The van der Waals surface area contributed by atoms with Gasteiger partial charge >= 0.3 is 5.97 Å². The fourth-order valence-corrected chi connectivity index (χ4v) is 3.98. The van der Waals surface area contributed by atoms with E-state index >= 15 is 0 Å². The summed E-state index contributed by atoms with van der Waals surface area (Å²) in [6.45, 7) is 1.93. The second-order valence-electron chi connectivity index (χ2n) is 6.79. The Bertz CT molecular complexity index is 1100. The van der Waals surface area contributed by atoms with Crippen LogP contribution >= 0.6 is 11.8 Å². The summed E-state index contributed by atoms with van der Waals surface area (Å²) in [4.78, 5) is 22.8. The van der Waals surface area contributed by atoms with E-state index in [4.69, 9.17) is 9.84 Å². The summed E-state index contributed by atoms with van der Waals surface area (Å²) in [6.07, 6.45) is 0.145. The van der Waals surface area contributed by atoms with Crippen LogP contribution in [0.5, 0.6) is 17.2 Å². The zero-order chi connectivity index (χ0) is 21.7. The lowest BCUT2D eigenvalue weighted by Gasteiger charge is -2.15. The minimum atomic E-state index is -0.792. The van der Waals surface area contributed by atoms with Crippen LogP contribution in [0.1, 0.15) is 27.9 Å². The summed E-state index contributed by atoms with van der Waals surface area (Å²) in [7, 11) is 1.51. The number of aromatic hydroxyl groups is 1. The third kappa shape index (κ3) is 4.86. The van der Waals surface area contributed by atoms with Crippen molar-refractivity contribution in [1.82, 2.24) is 5.32 Å². The minimum absolute atomic E-state index is 0.0808. The minimum Gasteiger partial charge on any atom is -0.506 e. The molecule has 0 heterocycles. The monoisotopic (exact) mass is 425 g/mol. The zero-order valence-corrected chi connectivity index (χ0v) is 17.6. The van der Waals surface area contributed by atoms with Crippen molar-refractivity contribution in [3.63, 3.8) is 0 Å². The average Bonchev–Trinajstić information content (AvgIpc) is 2.74. The van der Waals surface area contributed by atoms with E-state index in [0.29, 0.717) is 28.0 Å². The Hall–Kier alpha value is -3.19. The normalized spacial score (nSPS) is 10.7. The molecule has 30 heavy (non-hydrogen) atoms. The van der Waals surface area contributed by atoms with Gasteiger partial charge in [-0.1, -0.05) is 36.4 Å². The Morgan fingerprint density at radius 1 is 1.07 bits per heavy atom. The molecular weight excluding hydrogens is 402 g/mol. The number of aliphatic carboxylic acids is 1. The molecule has 0 fully saturated rings. The van der Waals surface area contributed by atoms with Crippen LogP contribution in [0.2, 0.25) is 0 Å². The van der Waals surface area contributed by atoms with Gasteiger partial charge < -0.3 is 20.3 Å². The van der Waals surface area contributed by atoms with Crippen molar-refractivity contribution >= 4 is 34.4 Å². The first-order valence-electron chi connectivity index (χ1n) is 9.44. The Labute approximate surface area is 178 Å². The molecule has 0 radical (unpaired) electrons. The van der Waals surface area contributed by atoms with Crippen molar-refractivity contribution < 1.29 is 24.5 Å². The zero-order valence-electron chi connectivity index (χ0n) is 16.8. The molecule has 0 saturated heterocycles. The molecule has 3 aromatic carbocycles. The first-order chi connectivity index (χ1) is 14.4. The molecule has 0 aliphatic rings. The number of rotatable bonds is 8. The van der Waals surface area contributed by atoms with E-state index < -0.39 is 11.9 Å². The van der Waals surface area contributed by atoms with Gasteiger partial charge in [-0.25, -0.2) is 0 Å². The number of carbonyl (C=O) groups is 2. The summed E-state index contributed by atoms with van der Waals surface area (Å²) in [5, 5.41) is 23.0. The number of carboxylic acids is 1. The van der Waals surface area contributed by atoms with E-state index in [1.807, 2.05) is 37.3 Å². The number of benzene rings is 3. The standard InChI is InChI=1S/C23H23NO5S/c1-14-11-15(13-30-10-9-21(25)26)7-8-19(14)29-20-12-18(23(28)24-2)22(27)17-6-4-3-5-16(17)20/h3-8,11-12,27H,9-10,13H2,1-2H3,(H,24,28)(H,25,26). The lowest BCUT2D eigenvalue weighted by atomic mass is 10.0. The lowest BCUT2D eigenvalue weighted by Crippen LogP contribution is -2.18. The van der Waals surface area contributed by atoms with Gasteiger partial charge in [-0.05, 0) is 30.2 Å². The van der Waals surface area contributed by atoms with E-state index in [1.165, 1.54) is 7.05 Å². The predicted octanol–water partition coefficient (Wildman–Crippen LogP) is 4.71. The van der Waals surface area contributed by atoms with E-state index in [0.717, 1.165) is 16.9 Å². The van der Waals surface area contributed by atoms with Crippen LogP contribution in [-0.4, -0.2) is 34.9 Å². The molecule has 156 valence electrons. The van der Waals surface area contributed by atoms with E-state index in [2.05, 4.69) is 5.32 Å². The maximum absolute atomic E-state index is 12.2. The largest absolute Gasteiger partial charge is 0.506 e. The molecule has 3 N–H and O–H groups in total. The number of phenolic OH excluding ortho intramolecular Hbond substituents is 1. The molecule has 3 aromatic rings. The first-order valence-corrected chi connectivity index (χ1v) is 10.6. The number of carbonyl (C=O) groups excluding carboxylic acids is 1. The van der Waals surface area contributed by atoms with Crippen LogP contribution in [0.4, 0.5) is 0 Å². The molecule has 0 aromatic heterocycles. The van der Waals surface area contributed by atoms with Crippen molar-refractivity contribution in [2.45, 2.75) is 19.1 Å². The van der Waals surface area contributed by atoms with Crippen molar-refractivity contribution in [2.75, 3.05) is 12.8 Å². The van der Waals surface area contributed by atoms with Crippen LogP contribution in [0, 0.1) is 6.92 Å². The van der Waals surface area contributed by atoms with Crippen LogP contribution in [0.3, 0.4) is 0 Å². The van der Waals surface area contributed by atoms with Crippen molar-refractivity contribution in [1.29, 1.82) is 0 Å². The molecule has 0 aliphatic heterocycles. The van der Waals surface area contributed by atoms with E-state index in [-0.39, 0.29) is 17.7 Å². The van der Waals surface area contributed by atoms with Gasteiger partial charge in [-0.3, -0.25) is 9.59 Å². The Kier molecular flexibility index (Phi) is 6.84. The number of aryl methyl sites for hydroxylation is 1. The molecule has 0 atom stereocenters. The Morgan fingerprint density at radius 2 is 1.80 bits per heavy atom. The smallest absolute Gasteiger partial charge is 0.304 e. The van der Waals surface area contributed by atoms with Gasteiger partial charge in [0.2, 0.25) is 0 Å². The van der Waals surface area contributed by atoms with Gasteiger partial charge in [0, 0.05) is 29.3 Å². The predicted molar refractivity (Wildman–Crippen MR) is 119 cm³/mol. The molecular formula is C23H23NO5S. The topological polar surface area (TPSA) is 95.9 Å². The summed E-state index contributed by atoms with van der Waals surface area (Å²) >= 11 is 1.57. The third-order valence-corrected chi connectivity index (χ3v) is 5.67. The van der Waals surface area contributed by atoms with E-state index in [9.17, 15) is 14.7 Å². The number of ether oxygens (including phenoxy) is 1. The molecule has 0 unspecified atom stereocenters. The fraction of sp³-hybridized carbons (Fsp3) is 0.217. The lowest BCUT2D eigenvalue weighted by molar-refractivity contribution is -0.136. The second-order valence-corrected chi connectivity index (χ2v) is 7.90. The molecule has 0 spiro atoms. The Morgan fingerprint density at radius 3 is 2.47 bits per heavy atom. The molecule has 6 nitrogen and oxygen atoms in total. The first kappa shape index (κ1) is 21.5. The summed E-state index contributed by atoms with van der Waals surface area (Å²) in [5.74, 6) is 1.14. The summed E-state index contributed by atoms with van der Waals surface area (Å²) in [5.41, 5.74) is 2.15. The number of hydrogen-bond donors (Lipinski definition) is 3. The molecule has 3 rings (SSSR count). The van der Waals surface area contributed by atoms with Crippen LogP contribution in [0.15, 0.2) is 48.5 Å². The third-order valence-electron chi connectivity index (χ3n) is 4.64. The molecule has 7 heteroatoms. The van der Waals surface area contributed by atoms with Crippen molar-refractivity contribution in [3.8, 4) is 17.2 Å². The fourth-order valence-electron chi connectivity index (χ4n) is 3.10. The van der Waals surface area contributed by atoms with Crippen LogP contribution < -0.4 is 10.1 Å².